The van der Waals surface area contributed by atoms with Crippen molar-refractivity contribution in [2.24, 2.45) is 0 Å². The number of fused-ring (bicyclic) bond motifs is 7. The van der Waals surface area contributed by atoms with Crippen molar-refractivity contribution in [3.8, 4) is 79.5 Å². The Morgan fingerprint density at radius 3 is 1.57 bits per heavy atom. The van der Waals surface area contributed by atoms with E-state index in [9.17, 15) is 13.2 Å². The van der Waals surface area contributed by atoms with Crippen molar-refractivity contribution in [2.75, 3.05) is 0 Å². The molecule has 5 heterocycles. The molecule has 0 bridgehead atoms. The summed E-state index contributed by atoms with van der Waals surface area (Å²) in [6.07, 6.45) is 2.76. The number of benzene rings is 11. The number of nitrogens with zero attached hydrogens (tertiary/aromatic N) is 9. The summed E-state index contributed by atoms with van der Waals surface area (Å²) in [7, 11) is 0. The predicted molar refractivity (Wildman–Crippen MR) is 361 cm³/mol. The largest absolute Gasteiger partial charge is 0.416 e. The van der Waals surface area contributed by atoms with Crippen LogP contribution in [0.25, 0.3) is 134 Å². The molecule has 11 aromatic carbocycles. The van der Waals surface area contributed by atoms with Crippen LogP contribution in [0.5, 0.6) is 0 Å². The van der Waals surface area contributed by atoms with Gasteiger partial charge in [0.1, 0.15) is 0 Å². The molecule has 9 nitrogen and oxygen atoms in total. The molecule has 0 N–H and O–H groups in total. The van der Waals surface area contributed by atoms with E-state index in [0.717, 1.165) is 95.4 Å². The Morgan fingerprint density at radius 2 is 0.926 bits per heavy atom. The summed E-state index contributed by atoms with van der Waals surface area (Å²) in [6, 6.07) is 93.8. The number of alkyl halides is 3. The van der Waals surface area contributed by atoms with Crippen molar-refractivity contribution in [3.05, 3.63) is 321 Å². The minimum atomic E-state index is -4.35. The van der Waals surface area contributed by atoms with Gasteiger partial charge in [0.15, 0.2) is 17.5 Å². The maximum atomic E-state index is 12.8. The molecule has 0 unspecified atom stereocenters. The van der Waals surface area contributed by atoms with E-state index < -0.39 is 11.7 Å². The second kappa shape index (κ2) is 29.7. The van der Waals surface area contributed by atoms with E-state index >= 15 is 0 Å². The fourth-order valence-electron chi connectivity index (χ4n) is 10.6. The molecule has 94 heavy (non-hydrogen) atoms. The summed E-state index contributed by atoms with van der Waals surface area (Å²) in [5.74, 6) is 3.15. The Balaban J connectivity index is 0.000000129. The third-order valence-electron chi connectivity index (χ3n) is 15.1. The van der Waals surface area contributed by atoms with Gasteiger partial charge < -0.3 is 4.98 Å². The van der Waals surface area contributed by atoms with Crippen molar-refractivity contribution in [1.82, 2.24) is 44.9 Å². The fraction of sp³-hybridized carbons (Fsp3) is 0.0375. The van der Waals surface area contributed by atoms with E-state index in [1.807, 2.05) is 182 Å². The number of hydrogen-bond donors (Lipinski definition) is 0. The maximum absolute atomic E-state index is 12.8. The van der Waals surface area contributed by atoms with Crippen molar-refractivity contribution >= 4 is 54.1 Å². The molecule has 460 valence electrons. The second-order valence-electron chi connectivity index (χ2n) is 21.5. The van der Waals surface area contributed by atoms with Gasteiger partial charge in [0, 0.05) is 104 Å². The zero-order valence-corrected chi connectivity index (χ0v) is 55.2. The van der Waals surface area contributed by atoms with Crippen LogP contribution in [0, 0.1) is 38.1 Å². The average Bonchev–Trinajstić information content (AvgIpc) is 0.801. The number of aromatic nitrogens is 9. The first-order valence-corrected chi connectivity index (χ1v) is 29.6. The Bertz CT molecular complexity index is 5180. The number of aryl methyl sites for hydroxylation is 2. The van der Waals surface area contributed by atoms with Gasteiger partial charge in [-0.1, -0.05) is 156 Å². The van der Waals surface area contributed by atoms with Gasteiger partial charge in [0.05, 0.1) is 28.2 Å². The van der Waals surface area contributed by atoms with Crippen molar-refractivity contribution < 1.29 is 53.4 Å². The summed E-state index contributed by atoms with van der Waals surface area (Å²) in [6.45, 7) is 4.26. The zero-order valence-electron chi connectivity index (χ0n) is 50.4. The Labute approximate surface area is 568 Å². The Morgan fingerprint density at radius 1 is 0.351 bits per heavy atom. The van der Waals surface area contributed by atoms with Gasteiger partial charge in [-0.25, -0.2) is 15.0 Å². The summed E-state index contributed by atoms with van der Waals surface area (Å²) < 4.78 is 38.5. The molecule has 14 heteroatoms. The van der Waals surface area contributed by atoms with Crippen LogP contribution in [0.15, 0.2) is 280 Å². The van der Waals surface area contributed by atoms with Gasteiger partial charge in [-0.15, -0.1) is 137 Å². The summed E-state index contributed by atoms with van der Waals surface area (Å²) in [4.78, 5) is 41.2. The van der Waals surface area contributed by atoms with Gasteiger partial charge in [-0.05, 0) is 66.0 Å². The molecular formula is C80H52F3Ir2N9-4. The molecule has 0 aliphatic carbocycles. The molecule has 16 aromatic rings. The molecule has 0 saturated heterocycles. The predicted octanol–water partition coefficient (Wildman–Crippen LogP) is 19.6. The molecule has 0 amide bonds. The molecule has 0 fully saturated rings. The minimum Gasteiger partial charge on any atom is -0.305 e. The molecule has 0 atom stereocenters. The van der Waals surface area contributed by atoms with Crippen LogP contribution in [0.2, 0.25) is 0 Å². The minimum absolute atomic E-state index is 0. The normalized spacial score (nSPS) is 10.9. The van der Waals surface area contributed by atoms with E-state index in [1.54, 1.807) is 30.6 Å². The van der Waals surface area contributed by atoms with Gasteiger partial charge in [-0.3, -0.25) is 24.9 Å². The van der Waals surface area contributed by atoms with Crippen LogP contribution in [0.4, 0.5) is 13.2 Å². The monoisotopic (exact) mass is 1580 g/mol. The third-order valence-corrected chi connectivity index (χ3v) is 15.1. The molecule has 2 radical (unpaired) electrons. The molecule has 0 saturated carbocycles. The molecular weight excluding hydrogens is 1530 g/mol. The average molecular weight is 1580 g/mol. The first kappa shape index (κ1) is 64.8. The van der Waals surface area contributed by atoms with Crippen molar-refractivity contribution in [2.45, 2.75) is 20.0 Å². The maximum Gasteiger partial charge on any atom is 0.416 e. The van der Waals surface area contributed by atoms with E-state index in [2.05, 4.69) is 112 Å². The van der Waals surface area contributed by atoms with Crippen LogP contribution in [0.1, 0.15) is 16.7 Å². The molecule has 0 aliphatic rings. The smallest absolute Gasteiger partial charge is 0.305 e. The third kappa shape index (κ3) is 15.1. The van der Waals surface area contributed by atoms with Gasteiger partial charge in [0.2, 0.25) is 0 Å². The van der Waals surface area contributed by atoms with E-state index in [0.29, 0.717) is 39.6 Å². The quantitative estimate of drug-likeness (QED) is 0.114. The van der Waals surface area contributed by atoms with Crippen LogP contribution in [-0.2, 0) is 46.4 Å². The van der Waals surface area contributed by atoms with Crippen molar-refractivity contribution in [3.63, 3.8) is 0 Å². The topological polar surface area (TPSA) is 116 Å². The first-order valence-electron chi connectivity index (χ1n) is 29.6. The molecule has 0 aliphatic heterocycles. The molecule has 5 aromatic heterocycles. The standard InChI is InChI=1S/C26H17N4.C19H10F3N2.C18H11N2.C17H14N.2Ir/c1-4-10-19(11-5-1)23-18-22(16-17-27-23)26-29-24(20-12-6-2-7-13-20)28-25(30-26)21-14-8-3-9-15-21;20-19(21,22)14-7-8-15-13(10-14)6-9-17-16(15)11-23-18(24-17)12-4-2-1-3-5-12;1-2-7-14(8-3-1)18-19-12-15-11-10-13-6-4-5-9-16(13)17(15)20-18;1-12-9-13(2)16-7-6-14(11-15(16)10-12)17-5-3-4-8-18-17;;/h1-10,12-18H;1-4,6-11H;1-7,9-12H;3-10H,1-2H3;;/q4*-1;;. The summed E-state index contributed by atoms with van der Waals surface area (Å²) >= 11 is 0. The van der Waals surface area contributed by atoms with Gasteiger partial charge in [-0.2, -0.15) is 13.2 Å². The summed E-state index contributed by atoms with van der Waals surface area (Å²) in [5, 5.41) is 7.77. The van der Waals surface area contributed by atoms with Gasteiger partial charge in [0.25, 0.3) is 0 Å². The number of pyridine rings is 2. The van der Waals surface area contributed by atoms with Crippen LogP contribution in [-0.4, -0.2) is 44.9 Å². The van der Waals surface area contributed by atoms with E-state index in [4.69, 9.17) is 19.9 Å². The first-order chi connectivity index (χ1) is 45.0. The van der Waals surface area contributed by atoms with Crippen LogP contribution < -0.4 is 0 Å². The van der Waals surface area contributed by atoms with E-state index in [-0.39, 0.29) is 40.2 Å². The van der Waals surface area contributed by atoms with Crippen molar-refractivity contribution in [1.29, 1.82) is 0 Å². The Hall–Kier alpha value is -10.7. The fourth-order valence-corrected chi connectivity index (χ4v) is 10.6. The zero-order chi connectivity index (χ0) is 62.8. The van der Waals surface area contributed by atoms with Gasteiger partial charge >= 0.3 is 6.18 Å². The molecule has 0 spiro atoms. The number of halogens is 3. The van der Waals surface area contributed by atoms with Crippen LogP contribution in [0.3, 0.4) is 0 Å². The second-order valence-corrected chi connectivity index (χ2v) is 21.5. The molecule has 16 rings (SSSR count). The SMILES string of the molecule is Cc1cc(C)c2ccc(-c3ccccn3)[c-]c2c1.FC(F)(F)c1ccc2c(ccc3nc(-c4[c-]cccc4)ncc32)c1.[Ir].[Ir].[c-]1ccccc1-c1cc(-c2nc(-c3ccccc3)nc(-c3ccccc3)n2)ccn1.[c-]1ccccc1-c1ncc2ccc3ccccc3c2n1. The number of rotatable bonds is 7. The van der Waals surface area contributed by atoms with E-state index in [1.165, 1.54) is 28.0 Å². The van der Waals surface area contributed by atoms with Crippen LogP contribution >= 0.6 is 0 Å². The number of hydrogen-bond acceptors (Lipinski definition) is 9. The Kier molecular flexibility index (Phi) is 20.5. The summed E-state index contributed by atoms with van der Waals surface area (Å²) in [5.41, 5.74) is 11.8.